The highest BCUT2D eigenvalue weighted by Crippen LogP contribution is 2.38. The van der Waals surface area contributed by atoms with Crippen LogP contribution in [0.2, 0.25) is 0 Å². The van der Waals surface area contributed by atoms with E-state index in [0.29, 0.717) is 45.7 Å². The third-order valence-corrected chi connectivity index (χ3v) is 5.92. The molecule has 0 aliphatic carbocycles. The maximum atomic E-state index is 13.6. The molecule has 0 radical (unpaired) electrons. The summed E-state index contributed by atoms with van der Waals surface area (Å²) in [5, 5.41) is 3.16. The summed E-state index contributed by atoms with van der Waals surface area (Å²) < 4.78 is 16.1. The minimum absolute atomic E-state index is 0.149. The number of benzene rings is 3. The molecule has 5 rings (SSSR count). The molecule has 3 aromatic rings. The van der Waals surface area contributed by atoms with E-state index in [1.54, 1.807) is 61.7 Å². The van der Waals surface area contributed by atoms with Crippen LogP contribution in [-0.4, -0.2) is 25.7 Å². The largest absolute Gasteiger partial charge is 0.497 e. The van der Waals surface area contributed by atoms with Gasteiger partial charge in [0.25, 0.3) is 11.8 Å². The van der Waals surface area contributed by atoms with Crippen molar-refractivity contribution >= 4 is 28.8 Å². The SMILES string of the molecule is COc1ccc(C2=C(Nc3ccc4c(c3)OCO4)C(=O)N(c3ccc(C(C)C)cc3)C2=O)cc1. The van der Waals surface area contributed by atoms with Gasteiger partial charge in [0.2, 0.25) is 6.79 Å². The average Bonchev–Trinajstić information content (AvgIpc) is 3.41. The minimum atomic E-state index is -0.425. The van der Waals surface area contributed by atoms with Crippen molar-refractivity contribution in [2.45, 2.75) is 19.8 Å². The highest BCUT2D eigenvalue weighted by Gasteiger charge is 2.40. The highest BCUT2D eigenvalue weighted by molar-refractivity contribution is 6.46. The van der Waals surface area contributed by atoms with Crippen LogP contribution in [0.3, 0.4) is 0 Å². The van der Waals surface area contributed by atoms with E-state index in [1.165, 1.54) is 4.90 Å². The van der Waals surface area contributed by atoms with Gasteiger partial charge in [0, 0.05) is 11.8 Å². The van der Waals surface area contributed by atoms with E-state index >= 15 is 0 Å². The maximum Gasteiger partial charge on any atom is 0.282 e. The van der Waals surface area contributed by atoms with Crippen molar-refractivity contribution in [3.63, 3.8) is 0 Å². The Morgan fingerprint density at radius 3 is 2.26 bits per heavy atom. The molecular weight excluding hydrogens is 432 g/mol. The van der Waals surface area contributed by atoms with Gasteiger partial charge in [-0.1, -0.05) is 38.1 Å². The van der Waals surface area contributed by atoms with E-state index in [2.05, 4.69) is 19.2 Å². The first-order valence-electron chi connectivity index (χ1n) is 11.0. The fourth-order valence-electron chi connectivity index (χ4n) is 4.03. The highest BCUT2D eigenvalue weighted by atomic mass is 16.7. The molecule has 0 spiro atoms. The van der Waals surface area contributed by atoms with Crippen molar-refractivity contribution in [3.8, 4) is 17.2 Å². The Morgan fingerprint density at radius 1 is 0.882 bits per heavy atom. The first-order chi connectivity index (χ1) is 16.5. The third-order valence-electron chi connectivity index (χ3n) is 5.92. The normalized spacial score (nSPS) is 14.9. The number of rotatable bonds is 6. The monoisotopic (exact) mass is 456 g/mol. The summed E-state index contributed by atoms with van der Waals surface area (Å²) in [7, 11) is 1.58. The van der Waals surface area contributed by atoms with Gasteiger partial charge in [-0.15, -0.1) is 0 Å². The Labute approximate surface area is 197 Å². The fraction of sp³-hybridized carbons (Fsp3) is 0.185. The summed E-state index contributed by atoms with van der Waals surface area (Å²) in [6.45, 7) is 4.34. The molecule has 7 heteroatoms. The number of methoxy groups -OCH3 is 1. The van der Waals surface area contributed by atoms with Crippen molar-refractivity contribution in [3.05, 3.63) is 83.6 Å². The van der Waals surface area contributed by atoms with Gasteiger partial charge in [-0.05, 0) is 53.4 Å². The molecule has 2 aliphatic rings. The summed E-state index contributed by atoms with van der Waals surface area (Å²) in [6, 6.07) is 19.9. The molecule has 0 aromatic heterocycles. The van der Waals surface area contributed by atoms with Gasteiger partial charge in [0.05, 0.1) is 18.4 Å². The Kier molecular flexibility index (Phi) is 5.45. The Balaban J connectivity index is 1.56. The van der Waals surface area contributed by atoms with Gasteiger partial charge in [-0.25, -0.2) is 4.90 Å². The summed E-state index contributed by atoms with van der Waals surface area (Å²) in [5.41, 5.74) is 3.37. The van der Waals surface area contributed by atoms with Crippen molar-refractivity contribution in [1.29, 1.82) is 0 Å². The van der Waals surface area contributed by atoms with Gasteiger partial charge >= 0.3 is 0 Å². The molecule has 1 N–H and O–H groups in total. The standard InChI is InChI=1S/C27H24N2O5/c1-16(2)17-4-9-20(10-5-17)29-26(30)24(18-6-11-21(32-3)12-7-18)25(27(29)31)28-19-8-13-22-23(14-19)34-15-33-22/h4-14,16,28H,15H2,1-3H3. The van der Waals surface area contributed by atoms with E-state index in [1.807, 2.05) is 12.1 Å². The van der Waals surface area contributed by atoms with Crippen molar-refractivity contribution in [2.24, 2.45) is 0 Å². The lowest BCUT2D eigenvalue weighted by atomic mass is 10.0. The molecule has 0 unspecified atom stereocenters. The average molecular weight is 456 g/mol. The number of hydrogen-bond acceptors (Lipinski definition) is 6. The number of nitrogens with one attached hydrogen (secondary N) is 1. The first kappa shape index (κ1) is 21.6. The van der Waals surface area contributed by atoms with Crippen molar-refractivity contribution in [1.82, 2.24) is 0 Å². The zero-order valence-corrected chi connectivity index (χ0v) is 19.1. The number of carbonyl (C=O) groups excluding carboxylic acids is 2. The van der Waals surface area contributed by atoms with Crippen LogP contribution in [-0.2, 0) is 9.59 Å². The predicted molar refractivity (Wildman–Crippen MR) is 129 cm³/mol. The Bertz CT molecular complexity index is 1290. The lowest BCUT2D eigenvalue weighted by Crippen LogP contribution is -2.32. The number of fused-ring (bicyclic) bond motifs is 1. The molecule has 2 heterocycles. The number of amides is 2. The molecule has 0 bridgehead atoms. The molecule has 2 aliphatic heterocycles. The zero-order chi connectivity index (χ0) is 23.8. The van der Waals surface area contributed by atoms with Crippen LogP contribution in [0, 0.1) is 0 Å². The van der Waals surface area contributed by atoms with Crippen LogP contribution in [0.15, 0.2) is 72.4 Å². The Morgan fingerprint density at radius 2 is 1.59 bits per heavy atom. The molecule has 0 fully saturated rings. The summed E-state index contributed by atoms with van der Waals surface area (Å²) in [4.78, 5) is 28.4. The van der Waals surface area contributed by atoms with E-state index in [4.69, 9.17) is 14.2 Å². The second-order valence-corrected chi connectivity index (χ2v) is 8.36. The summed E-state index contributed by atoms with van der Waals surface area (Å²) >= 11 is 0. The van der Waals surface area contributed by atoms with E-state index in [9.17, 15) is 9.59 Å². The third kappa shape index (κ3) is 3.75. The van der Waals surface area contributed by atoms with Crippen LogP contribution in [0.1, 0.15) is 30.9 Å². The topological polar surface area (TPSA) is 77.1 Å². The number of ether oxygens (including phenoxy) is 3. The van der Waals surface area contributed by atoms with E-state index in [-0.39, 0.29) is 12.5 Å². The number of nitrogens with zero attached hydrogens (tertiary/aromatic N) is 1. The number of carbonyl (C=O) groups is 2. The van der Waals surface area contributed by atoms with Gasteiger partial charge in [0.15, 0.2) is 11.5 Å². The number of anilines is 2. The second-order valence-electron chi connectivity index (χ2n) is 8.36. The molecule has 3 aromatic carbocycles. The van der Waals surface area contributed by atoms with E-state index < -0.39 is 11.8 Å². The quantitative estimate of drug-likeness (QED) is 0.529. The summed E-state index contributed by atoms with van der Waals surface area (Å²) in [6.07, 6.45) is 0. The van der Waals surface area contributed by atoms with Gasteiger partial charge < -0.3 is 19.5 Å². The number of hydrogen-bond donors (Lipinski definition) is 1. The molecule has 34 heavy (non-hydrogen) atoms. The van der Waals surface area contributed by atoms with Crippen LogP contribution in [0.25, 0.3) is 5.57 Å². The number of imide groups is 1. The van der Waals surface area contributed by atoms with Crippen molar-refractivity contribution in [2.75, 3.05) is 24.1 Å². The van der Waals surface area contributed by atoms with Crippen molar-refractivity contribution < 1.29 is 23.8 Å². The second kappa shape index (κ2) is 8.59. The fourth-order valence-corrected chi connectivity index (χ4v) is 4.03. The van der Waals surface area contributed by atoms with Crippen LogP contribution in [0.4, 0.5) is 11.4 Å². The van der Waals surface area contributed by atoms with Crippen LogP contribution >= 0.6 is 0 Å². The van der Waals surface area contributed by atoms with Gasteiger partial charge in [-0.2, -0.15) is 0 Å². The molecular formula is C27H24N2O5. The van der Waals surface area contributed by atoms with Gasteiger partial charge in [0.1, 0.15) is 11.4 Å². The molecule has 7 nitrogen and oxygen atoms in total. The Hall–Kier alpha value is -4.26. The molecule has 0 atom stereocenters. The maximum absolute atomic E-state index is 13.6. The minimum Gasteiger partial charge on any atom is -0.497 e. The van der Waals surface area contributed by atoms with Gasteiger partial charge in [-0.3, -0.25) is 9.59 Å². The lowest BCUT2D eigenvalue weighted by molar-refractivity contribution is -0.120. The zero-order valence-electron chi connectivity index (χ0n) is 19.1. The molecule has 2 amide bonds. The first-order valence-corrected chi connectivity index (χ1v) is 11.0. The predicted octanol–water partition coefficient (Wildman–Crippen LogP) is 4.94. The molecule has 0 saturated carbocycles. The lowest BCUT2D eigenvalue weighted by Gasteiger charge is -2.16. The van der Waals surface area contributed by atoms with Crippen LogP contribution < -0.4 is 24.4 Å². The smallest absolute Gasteiger partial charge is 0.282 e. The van der Waals surface area contributed by atoms with Crippen LogP contribution in [0.5, 0.6) is 17.2 Å². The van der Waals surface area contributed by atoms with E-state index in [0.717, 1.165) is 5.56 Å². The molecule has 172 valence electrons. The molecule has 0 saturated heterocycles. The summed E-state index contributed by atoms with van der Waals surface area (Å²) in [5.74, 6) is 1.40.